The number of rotatable bonds is 3. The Morgan fingerprint density at radius 3 is 2.83 bits per heavy atom. The van der Waals surface area contributed by atoms with Gasteiger partial charge in [-0.3, -0.25) is 9.36 Å². The minimum Gasteiger partial charge on any atom is -0.408 e. The molecule has 8 heteroatoms. The van der Waals surface area contributed by atoms with Crippen molar-refractivity contribution in [3.05, 3.63) is 62.3 Å². The largest absolute Gasteiger partial charge is 0.420 e. The SMILES string of the molecule is O=C(Cn1c(=O)oc2cc(Cl)ccc21)Nc1ccc(Br)cc1F. The Balaban J connectivity index is 1.86. The molecule has 0 fully saturated rings. The summed E-state index contributed by atoms with van der Waals surface area (Å²) in [6.07, 6.45) is 0. The average molecular weight is 400 g/mol. The summed E-state index contributed by atoms with van der Waals surface area (Å²) in [4.78, 5) is 23.9. The molecule has 1 amide bonds. The molecule has 1 aromatic heterocycles. The number of anilines is 1. The Morgan fingerprint density at radius 2 is 2.09 bits per heavy atom. The predicted octanol–water partition coefficient (Wildman–Crippen LogP) is 3.79. The van der Waals surface area contributed by atoms with Crippen LogP contribution in [0, 0.1) is 5.82 Å². The van der Waals surface area contributed by atoms with E-state index in [-0.39, 0.29) is 17.8 Å². The van der Waals surface area contributed by atoms with Gasteiger partial charge in [-0.05, 0) is 30.3 Å². The molecule has 1 N–H and O–H groups in total. The van der Waals surface area contributed by atoms with Gasteiger partial charge >= 0.3 is 5.76 Å². The fraction of sp³-hybridized carbons (Fsp3) is 0.0667. The molecule has 0 saturated carbocycles. The van der Waals surface area contributed by atoms with Crippen LogP contribution in [-0.4, -0.2) is 10.5 Å². The monoisotopic (exact) mass is 398 g/mol. The van der Waals surface area contributed by atoms with E-state index in [4.69, 9.17) is 16.0 Å². The fourth-order valence-electron chi connectivity index (χ4n) is 2.11. The second kappa shape index (κ2) is 6.17. The van der Waals surface area contributed by atoms with Crippen molar-refractivity contribution in [3.8, 4) is 0 Å². The molecule has 2 aromatic carbocycles. The molecule has 118 valence electrons. The summed E-state index contributed by atoms with van der Waals surface area (Å²) in [6.45, 7) is -0.303. The summed E-state index contributed by atoms with van der Waals surface area (Å²) >= 11 is 8.96. The molecule has 1 heterocycles. The first-order valence-corrected chi connectivity index (χ1v) is 7.65. The number of hydrogen-bond acceptors (Lipinski definition) is 3. The molecule has 0 unspecified atom stereocenters. The van der Waals surface area contributed by atoms with Crippen molar-refractivity contribution in [1.29, 1.82) is 0 Å². The molecule has 0 radical (unpaired) electrons. The van der Waals surface area contributed by atoms with Crippen molar-refractivity contribution in [2.45, 2.75) is 6.54 Å². The van der Waals surface area contributed by atoms with Crippen LogP contribution in [0.3, 0.4) is 0 Å². The normalized spacial score (nSPS) is 10.9. The number of halogens is 3. The topological polar surface area (TPSA) is 64.2 Å². The van der Waals surface area contributed by atoms with Crippen molar-refractivity contribution in [3.63, 3.8) is 0 Å². The quantitative estimate of drug-likeness (QED) is 0.729. The zero-order valence-corrected chi connectivity index (χ0v) is 13.8. The number of hydrogen-bond donors (Lipinski definition) is 1. The van der Waals surface area contributed by atoms with Crippen LogP contribution in [0.2, 0.25) is 5.02 Å². The third kappa shape index (κ3) is 3.30. The molecule has 0 spiro atoms. The molecule has 0 saturated heterocycles. The van der Waals surface area contributed by atoms with Crippen LogP contribution in [-0.2, 0) is 11.3 Å². The summed E-state index contributed by atoms with van der Waals surface area (Å²) in [6, 6.07) is 8.91. The lowest BCUT2D eigenvalue weighted by atomic mass is 10.3. The van der Waals surface area contributed by atoms with Crippen molar-refractivity contribution in [1.82, 2.24) is 4.57 Å². The van der Waals surface area contributed by atoms with E-state index in [2.05, 4.69) is 21.2 Å². The second-order valence-electron chi connectivity index (χ2n) is 4.74. The van der Waals surface area contributed by atoms with Crippen molar-refractivity contribution >= 4 is 50.2 Å². The Labute approximate surface area is 142 Å². The van der Waals surface area contributed by atoms with Crippen LogP contribution in [0.1, 0.15) is 0 Å². The molecule has 3 aromatic rings. The smallest absolute Gasteiger partial charge is 0.408 e. The lowest BCUT2D eigenvalue weighted by molar-refractivity contribution is -0.116. The first kappa shape index (κ1) is 15.8. The maximum absolute atomic E-state index is 13.7. The summed E-state index contributed by atoms with van der Waals surface area (Å²) in [7, 11) is 0. The Hall–Kier alpha value is -2.12. The first-order chi connectivity index (χ1) is 10.9. The van der Waals surface area contributed by atoms with Gasteiger partial charge in [-0.1, -0.05) is 27.5 Å². The van der Waals surface area contributed by atoms with Gasteiger partial charge in [0, 0.05) is 15.6 Å². The Kier molecular flexibility index (Phi) is 4.23. The van der Waals surface area contributed by atoms with Gasteiger partial charge in [0.1, 0.15) is 12.4 Å². The van der Waals surface area contributed by atoms with Crippen LogP contribution in [0.25, 0.3) is 11.1 Å². The van der Waals surface area contributed by atoms with Crippen LogP contribution < -0.4 is 11.1 Å². The van der Waals surface area contributed by atoms with Crippen molar-refractivity contribution in [2.75, 3.05) is 5.32 Å². The van der Waals surface area contributed by atoms with E-state index in [1.807, 2.05) is 0 Å². The molecular weight excluding hydrogens is 391 g/mol. The third-order valence-electron chi connectivity index (χ3n) is 3.14. The van der Waals surface area contributed by atoms with Gasteiger partial charge in [0.2, 0.25) is 5.91 Å². The molecule has 0 bridgehead atoms. The van der Waals surface area contributed by atoms with Crippen LogP contribution >= 0.6 is 27.5 Å². The standard InChI is InChI=1S/C15H9BrClFN2O3/c16-8-1-3-11(10(18)5-8)19-14(21)7-20-12-4-2-9(17)6-13(12)23-15(20)22/h1-6H,7H2,(H,19,21). The summed E-state index contributed by atoms with van der Waals surface area (Å²) < 4.78 is 20.5. The van der Waals surface area contributed by atoms with Crippen LogP contribution in [0.4, 0.5) is 10.1 Å². The predicted molar refractivity (Wildman–Crippen MR) is 88.2 cm³/mol. The second-order valence-corrected chi connectivity index (χ2v) is 6.09. The Bertz CT molecular complexity index is 967. The van der Waals surface area contributed by atoms with E-state index in [1.165, 1.54) is 18.2 Å². The minimum atomic E-state index is -0.686. The summed E-state index contributed by atoms with van der Waals surface area (Å²) in [5.41, 5.74) is 0.748. The van der Waals surface area contributed by atoms with E-state index in [1.54, 1.807) is 18.2 Å². The van der Waals surface area contributed by atoms with Gasteiger partial charge in [0.25, 0.3) is 0 Å². The third-order valence-corrected chi connectivity index (χ3v) is 3.87. The molecule has 0 aliphatic heterocycles. The lowest BCUT2D eigenvalue weighted by Crippen LogP contribution is -2.25. The number of nitrogens with one attached hydrogen (secondary N) is 1. The number of fused-ring (bicyclic) bond motifs is 1. The minimum absolute atomic E-state index is 0.0297. The molecular formula is C15H9BrClFN2O3. The highest BCUT2D eigenvalue weighted by Crippen LogP contribution is 2.20. The highest BCUT2D eigenvalue weighted by Gasteiger charge is 2.14. The van der Waals surface area contributed by atoms with E-state index in [9.17, 15) is 14.0 Å². The van der Waals surface area contributed by atoms with E-state index < -0.39 is 17.5 Å². The van der Waals surface area contributed by atoms with Crippen molar-refractivity contribution < 1.29 is 13.6 Å². The first-order valence-electron chi connectivity index (χ1n) is 6.48. The zero-order valence-electron chi connectivity index (χ0n) is 11.5. The molecule has 0 atom stereocenters. The molecule has 0 aliphatic carbocycles. The van der Waals surface area contributed by atoms with Gasteiger partial charge in [-0.2, -0.15) is 0 Å². The molecule has 3 rings (SSSR count). The number of aromatic nitrogens is 1. The summed E-state index contributed by atoms with van der Waals surface area (Å²) in [5, 5.41) is 2.83. The van der Waals surface area contributed by atoms with Crippen LogP contribution in [0.15, 0.2) is 50.1 Å². The zero-order chi connectivity index (χ0) is 16.6. The summed E-state index contributed by atoms with van der Waals surface area (Å²) in [5.74, 6) is -1.82. The number of amides is 1. The Morgan fingerprint density at radius 1 is 1.30 bits per heavy atom. The average Bonchev–Trinajstić information content (AvgIpc) is 2.77. The highest BCUT2D eigenvalue weighted by atomic mass is 79.9. The van der Waals surface area contributed by atoms with Gasteiger partial charge in [-0.15, -0.1) is 0 Å². The highest BCUT2D eigenvalue weighted by molar-refractivity contribution is 9.10. The molecule has 0 aliphatic rings. The number of oxazole rings is 1. The maximum Gasteiger partial charge on any atom is 0.420 e. The van der Waals surface area contributed by atoms with Gasteiger partial charge in [0.15, 0.2) is 5.58 Å². The number of nitrogens with zero attached hydrogens (tertiary/aromatic N) is 1. The maximum atomic E-state index is 13.7. The van der Waals surface area contributed by atoms with E-state index in [0.29, 0.717) is 15.0 Å². The van der Waals surface area contributed by atoms with E-state index >= 15 is 0 Å². The van der Waals surface area contributed by atoms with Gasteiger partial charge < -0.3 is 9.73 Å². The molecule has 23 heavy (non-hydrogen) atoms. The lowest BCUT2D eigenvalue weighted by Gasteiger charge is -2.07. The van der Waals surface area contributed by atoms with Gasteiger partial charge in [0.05, 0.1) is 11.2 Å². The number of carbonyl (C=O) groups is 1. The molecule has 5 nitrogen and oxygen atoms in total. The van der Waals surface area contributed by atoms with Crippen molar-refractivity contribution in [2.24, 2.45) is 0 Å². The van der Waals surface area contributed by atoms with Gasteiger partial charge in [-0.25, -0.2) is 9.18 Å². The number of benzene rings is 2. The van der Waals surface area contributed by atoms with E-state index in [0.717, 1.165) is 4.57 Å². The van der Waals surface area contributed by atoms with Crippen LogP contribution in [0.5, 0.6) is 0 Å². The fourth-order valence-corrected chi connectivity index (χ4v) is 2.61. The number of carbonyl (C=O) groups excluding carboxylic acids is 1.